The van der Waals surface area contributed by atoms with E-state index in [0.717, 1.165) is 0 Å². The van der Waals surface area contributed by atoms with Gasteiger partial charge in [0.1, 0.15) is 6.04 Å². The molecule has 0 spiro atoms. The van der Waals surface area contributed by atoms with E-state index < -0.39 is 12.0 Å². The summed E-state index contributed by atoms with van der Waals surface area (Å²) in [5, 5.41) is 16.0. The molecule has 1 aliphatic heterocycles. The zero-order chi connectivity index (χ0) is 9.19. The fourth-order valence-corrected chi connectivity index (χ4v) is 1.61. The maximum absolute atomic E-state index is 10.3. The van der Waals surface area contributed by atoms with Gasteiger partial charge in [-0.25, -0.2) is 0 Å². The molecule has 0 fully saturated rings. The third kappa shape index (κ3) is 2.78. The minimum atomic E-state index is -0.961. The van der Waals surface area contributed by atoms with Gasteiger partial charge in [0.25, 0.3) is 0 Å². The Balaban J connectivity index is 2.06. The predicted octanol–water partition coefficient (Wildman–Crippen LogP) is 0.313. The molecule has 3 N–H and O–H groups in total. The first kappa shape index (κ1) is 9.47. The summed E-state index contributed by atoms with van der Waals surface area (Å²) in [6.45, 7) is 1.90. The fraction of sp³-hybridized carbons (Fsp3) is 0.833. The number of hydrogen-bond acceptors (Lipinski definition) is 5. The molecule has 0 bridgehead atoms. The minimum Gasteiger partial charge on any atom is -0.480 e. The topological polar surface area (TPSA) is 88.0 Å². The minimum absolute atomic E-state index is 0.261. The number of nitrogens with zero attached hydrogens (tertiary/aromatic N) is 2. The zero-order valence-electron chi connectivity index (χ0n) is 6.73. The van der Waals surface area contributed by atoms with Crippen LogP contribution in [0.25, 0.3) is 0 Å². The molecule has 5 nitrogen and oxygen atoms in total. The number of carbonyl (C=O) groups is 1. The van der Waals surface area contributed by atoms with Gasteiger partial charge < -0.3 is 10.8 Å². The standard InChI is InChI=1S/C6H11N3O2S/c1-6(8-9-6)3-12-2-4(7)5(10)11/h4H,2-3,7H2,1H3,(H,10,11). The van der Waals surface area contributed by atoms with Crippen molar-refractivity contribution in [2.75, 3.05) is 11.5 Å². The molecule has 0 saturated heterocycles. The molecule has 0 aromatic heterocycles. The van der Waals surface area contributed by atoms with Crippen LogP contribution in [0.3, 0.4) is 0 Å². The van der Waals surface area contributed by atoms with Crippen molar-refractivity contribution < 1.29 is 9.90 Å². The first-order valence-electron chi connectivity index (χ1n) is 3.54. The highest BCUT2D eigenvalue weighted by molar-refractivity contribution is 7.99. The van der Waals surface area contributed by atoms with E-state index >= 15 is 0 Å². The molecule has 6 heteroatoms. The van der Waals surface area contributed by atoms with Gasteiger partial charge in [-0.3, -0.25) is 4.79 Å². The van der Waals surface area contributed by atoms with E-state index in [1.165, 1.54) is 11.8 Å². The molecule has 12 heavy (non-hydrogen) atoms. The van der Waals surface area contributed by atoms with E-state index in [1.54, 1.807) is 0 Å². The number of nitrogens with two attached hydrogens (primary N) is 1. The molecule has 68 valence electrons. The van der Waals surface area contributed by atoms with Crippen LogP contribution in [-0.2, 0) is 4.79 Å². The number of carboxylic acid groups (broad SMARTS) is 1. The molecule has 1 rings (SSSR count). The van der Waals surface area contributed by atoms with Crippen molar-refractivity contribution in [3.05, 3.63) is 0 Å². The van der Waals surface area contributed by atoms with Gasteiger partial charge in [-0.1, -0.05) is 0 Å². The molecule has 0 saturated carbocycles. The van der Waals surface area contributed by atoms with Gasteiger partial charge in [0, 0.05) is 11.5 Å². The lowest BCUT2D eigenvalue weighted by atomic mass is 10.3. The Morgan fingerprint density at radius 1 is 1.75 bits per heavy atom. The van der Waals surface area contributed by atoms with Crippen molar-refractivity contribution in [1.29, 1.82) is 0 Å². The largest absolute Gasteiger partial charge is 0.480 e. The van der Waals surface area contributed by atoms with Crippen LogP contribution in [0.15, 0.2) is 10.2 Å². The first-order valence-corrected chi connectivity index (χ1v) is 4.69. The number of carboxylic acids is 1. The lowest BCUT2D eigenvalue weighted by molar-refractivity contribution is -0.137. The van der Waals surface area contributed by atoms with Crippen LogP contribution in [0, 0.1) is 0 Å². The summed E-state index contributed by atoms with van der Waals surface area (Å²) in [7, 11) is 0. The molecule has 0 aromatic carbocycles. The van der Waals surface area contributed by atoms with Crippen molar-refractivity contribution in [2.24, 2.45) is 16.0 Å². The Bertz CT molecular complexity index is 213. The average molecular weight is 189 g/mol. The predicted molar refractivity (Wildman–Crippen MR) is 46.2 cm³/mol. The first-order chi connectivity index (χ1) is 5.53. The summed E-state index contributed by atoms with van der Waals surface area (Å²) in [5.74, 6) is 0.168. The second kappa shape index (κ2) is 3.40. The average Bonchev–Trinajstić information content (AvgIpc) is 2.68. The van der Waals surface area contributed by atoms with Crippen LogP contribution >= 0.6 is 11.8 Å². The van der Waals surface area contributed by atoms with Gasteiger partial charge in [-0.2, -0.15) is 22.0 Å². The van der Waals surface area contributed by atoms with E-state index in [2.05, 4.69) is 10.2 Å². The van der Waals surface area contributed by atoms with Crippen molar-refractivity contribution in [3.8, 4) is 0 Å². The highest BCUT2D eigenvalue weighted by Crippen LogP contribution is 2.30. The van der Waals surface area contributed by atoms with E-state index in [-0.39, 0.29) is 5.66 Å². The van der Waals surface area contributed by atoms with Crippen molar-refractivity contribution in [1.82, 2.24) is 0 Å². The molecular formula is C6H11N3O2S. The number of hydrogen-bond donors (Lipinski definition) is 2. The van der Waals surface area contributed by atoms with Gasteiger partial charge in [0.2, 0.25) is 0 Å². The highest BCUT2D eigenvalue weighted by atomic mass is 32.2. The van der Waals surface area contributed by atoms with Crippen LogP contribution in [0.4, 0.5) is 0 Å². The molecule has 1 unspecified atom stereocenters. The van der Waals surface area contributed by atoms with Crippen LogP contribution in [0.5, 0.6) is 0 Å². The maximum atomic E-state index is 10.3. The summed E-state index contributed by atoms with van der Waals surface area (Å²) in [5.41, 5.74) is 5.02. The van der Waals surface area contributed by atoms with Crippen LogP contribution in [-0.4, -0.2) is 34.3 Å². The monoisotopic (exact) mass is 189 g/mol. The summed E-state index contributed by atoms with van der Waals surface area (Å²) in [6.07, 6.45) is 0. The lowest BCUT2D eigenvalue weighted by Crippen LogP contribution is -2.33. The molecule has 1 atom stereocenters. The molecule has 1 heterocycles. The van der Waals surface area contributed by atoms with Crippen molar-refractivity contribution in [2.45, 2.75) is 18.6 Å². The molecular weight excluding hydrogens is 178 g/mol. The van der Waals surface area contributed by atoms with Gasteiger partial charge in [0.15, 0.2) is 5.66 Å². The Kier molecular flexibility index (Phi) is 2.69. The van der Waals surface area contributed by atoms with Gasteiger partial charge in [-0.15, -0.1) is 0 Å². The number of aliphatic carboxylic acids is 1. The molecule has 0 aromatic rings. The Morgan fingerprint density at radius 3 is 2.75 bits per heavy atom. The molecule has 0 radical (unpaired) electrons. The van der Waals surface area contributed by atoms with Gasteiger partial charge in [0.05, 0.1) is 0 Å². The van der Waals surface area contributed by atoms with E-state index in [1.807, 2.05) is 6.92 Å². The highest BCUT2D eigenvalue weighted by Gasteiger charge is 2.33. The van der Waals surface area contributed by atoms with Crippen molar-refractivity contribution >= 4 is 17.7 Å². The van der Waals surface area contributed by atoms with E-state index in [0.29, 0.717) is 11.5 Å². The second-order valence-corrected chi connectivity index (χ2v) is 3.91. The smallest absolute Gasteiger partial charge is 0.321 e. The third-order valence-corrected chi connectivity index (χ3v) is 2.78. The normalized spacial score (nSPS) is 20.5. The van der Waals surface area contributed by atoms with Crippen LogP contribution < -0.4 is 5.73 Å². The SMILES string of the molecule is CC1(CSCC(N)C(=O)O)N=N1. The summed E-state index contributed by atoms with van der Waals surface area (Å²) < 4.78 is 0. The quantitative estimate of drug-likeness (QED) is 0.651. The van der Waals surface area contributed by atoms with Crippen molar-refractivity contribution in [3.63, 3.8) is 0 Å². The Morgan fingerprint density at radius 2 is 2.33 bits per heavy atom. The maximum Gasteiger partial charge on any atom is 0.321 e. The van der Waals surface area contributed by atoms with Gasteiger partial charge >= 0.3 is 5.97 Å². The molecule has 1 aliphatic rings. The number of thioether (sulfide) groups is 1. The number of rotatable bonds is 5. The third-order valence-electron chi connectivity index (χ3n) is 1.43. The Labute approximate surface area is 74.4 Å². The fourth-order valence-electron chi connectivity index (χ4n) is 0.594. The van der Waals surface area contributed by atoms with Crippen LogP contribution in [0.1, 0.15) is 6.92 Å². The lowest BCUT2D eigenvalue weighted by Gasteiger charge is -2.06. The summed E-state index contributed by atoms with van der Waals surface area (Å²) in [6, 6.07) is -0.780. The zero-order valence-corrected chi connectivity index (χ0v) is 7.54. The summed E-state index contributed by atoms with van der Waals surface area (Å²) >= 11 is 1.47. The molecule has 0 aliphatic carbocycles. The Hall–Kier alpha value is -0.620. The van der Waals surface area contributed by atoms with Crippen LogP contribution in [0.2, 0.25) is 0 Å². The second-order valence-electron chi connectivity index (χ2n) is 2.88. The van der Waals surface area contributed by atoms with E-state index in [4.69, 9.17) is 10.8 Å². The summed E-state index contributed by atoms with van der Waals surface area (Å²) in [4.78, 5) is 10.3. The molecule has 0 amide bonds. The van der Waals surface area contributed by atoms with Gasteiger partial charge in [-0.05, 0) is 6.92 Å². The van der Waals surface area contributed by atoms with E-state index in [9.17, 15) is 4.79 Å².